The minimum absolute atomic E-state index is 0. The normalized spacial score (nSPS) is 22.3. The van der Waals surface area contributed by atoms with Gasteiger partial charge in [-0.3, -0.25) is 19.5 Å². The van der Waals surface area contributed by atoms with E-state index in [-0.39, 0.29) is 47.9 Å². The SMILES string of the molecule is CCNC(=NCCCN1CCCC1C(=O)N(C)C)NC1CCN(C(=O)CC)C1.I. The third-order valence-corrected chi connectivity index (χ3v) is 5.49. The van der Waals surface area contributed by atoms with Gasteiger partial charge < -0.3 is 20.4 Å². The van der Waals surface area contributed by atoms with Crippen molar-refractivity contribution in [1.29, 1.82) is 0 Å². The quantitative estimate of drug-likeness (QED) is 0.216. The maximum Gasteiger partial charge on any atom is 0.239 e. The number of guanidine groups is 1. The van der Waals surface area contributed by atoms with E-state index in [1.807, 2.05) is 25.9 Å². The molecule has 0 aromatic carbocycles. The van der Waals surface area contributed by atoms with Crippen molar-refractivity contribution in [2.75, 3.05) is 53.4 Å². The number of halogens is 1. The molecule has 2 fully saturated rings. The Labute approximate surface area is 192 Å². The summed E-state index contributed by atoms with van der Waals surface area (Å²) in [4.78, 5) is 34.7. The van der Waals surface area contributed by atoms with Crippen LogP contribution in [0.5, 0.6) is 0 Å². The largest absolute Gasteiger partial charge is 0.357 e. The van der Waals surface area contributed by atoms with Crippen molar-refractivity contribution in [3.8, 4) is 0 Å². The van der Waals surface area contributed by atoms with Crippen molar-refractivity contribution in [3.63, 3.8) is 0 Å². The second-order valence-corrected chi connectivity index (χ2v) is 7.86. The van der Waals surface area contributed by atoms with E-state index in [4.69, 9.17) is 4.99 Å². The second-order valence-electron chi connectivity index (χ2n) is 7.86. The molecule has 0 aromatic heterocycles. The number of likely N-dealkylation sites (tertiary alicyclic amines) is 2. The molecule has 0 aromatic rings. The summed E-state index contributed by atoms with van der Waals surface area (Å²) in [5, 5.41) is 6.77. The van der Waals surface area contributed by atoms with Gasteiger partial charge in [0.05, 0.1) is 6.04 Å². The number of hydrogen-bond acceptors (Lipinski definition) is 4. The molecule has 2 atom stereocenters. The number of aliphatic imine (C=N–C) groups is 1. The molecule has 9 heteroatoms. The van der Waals surface area contributed by atoms with Gasteiger partial charge in [0.25, 0.3) is 0 Å². The van der Waals surface area contributed by atoms with Crippen LogP contribution in [0.3, 0.4) is 0 Å². The van der Waals surface area contributed by atoms with Gasteiger partial charge in [-0.25, -0.2) is 0 Å². The van der Waals surface area contributed by atoms with Crippen LogP contribution in [0.15, 0.2) is 4.99 Å². The van der Waals surface area contributed by atoms with Crippen molar-refractivity contribution < 1.29 is 9.59 Å². The van der Waals surface area contributed by atoms with E-state index in [0.29, 0.717) is 6.42 Å². The summed E-state index contributed by atoms with van der Waals surface area (Å²) in [5.74, 6) is 1.25. The molecule has 2 rings (SSSR count). The first kappa shape index (κ1) is 25.9. The molecular weight excluding hydrogens is 483 g/mol. The van der Waals surface area contributed by atoms with Crippen molar-refractivity contribution in [2.24, 2.45) is 4.99 Å². The predicted octanol–water partition coefficient (Wildman–Crippen LogP) is 1.11. The zero-order valence-electron chi connectivity index (χ0n) is 18.4. The molecule has 2 unspecified atom stereocenters. The van der Waals surface area contributed by atoms with E-state index in [1.165, 1.54) is 0 Å². The summed E-state index contributed by atoms with van der Waals surface area (Å²) < 4.78 is 0. The Bertz CT molecular complexity index is 557. The molecule has 2 heterocycles. The first-order valence-corrected chi connectivity index (χ1v) is 10.7. The van der Waals surface area contributed by atoms with Gasteiger partial charge in [-0.1, -0.05) is 6.92 Å². The van der Waals surface area contributed by atoms with Crippen molar-refractivity contribution >= 4 is 41.8 Å². The van der Waals surface area contributed by atoms with Gasteiger partial charge in [0.15, 0.2) is 5.96 Å². The number of rotatable bonds is 8. The standard InChI is InChI=1S/C20H38N6O2.HI/c1-5-18(27)26-14-10-16(15-26)23-20(21-6-2)22-11-8-13-25-12-7-9-17(25)19(28)24(3)4;/h16-17H,5-15H2,1-4H3,(H2,21,22,23);1H. The molecule has 2 saturated heterocycles. The van der Waals surface area contributed by atoms with Gasteiger partial charge in [0.2, 0.25) is 11.8 Å². The highest BCUT2D eigenvalue weighted by molar-refractivity contribution is 14.0. The van der Waals surface area contributed by atoms with Gasteiger partial charge in [0.1, 0.15) is 0 Å². The number of nitrogens with one attached hydrogen (secondary N) is 2. The monoisotopic (exact) mass is 522 g/mol. The molecule has 168 valence electrons. The lowest BCUT2D eigenvalue weighted by Crippen LogP contribution is -2.45. The summed E-state index contributed by atoms with van der Waals surface area (Å²) in [6.45, 7) is 8.96. The average molecular weight is 522 g/mol. The average Bonchev–Trinajstić information content (AvgIpc) is 3.33. The third-order valence-electron chi connectivity index (χ3n) is 5.49. The molecule has 2 aliphatic heterocycles. The molecule has 2 amide bonds. The fourth-order valence-corrected chi connectivity index (χ4v) is 3.98. The van der Waals surface area contributed by atoms with Gasteiger partial charge in [-0.05, 0) is 39.2 Å². The van der Waals surface area contributed by atoms with Crippen molar-refractivity contribution in [2.45, 2.75) is 58.0 Å². The third kappa shape index (κ3) is 7.92. The van der Waals surface area contributed by atoms with Crippen LogP contribution in [0.4, 0.5) is 0 Å². The lowest BCUT2D eigenvalue weighted by molar-refractivity contribution is -0.133. The van der Waals surface area contributed by atoms with Crippen LogP contribution >= 0.6 is 24.0 Å². The van der Waals surface area contributed by atoms with Crippen LogP contribution in [0, 0.1) is 0 Å². The van der Waals surface area contributed by atoms with Gasteiger partial charge in [-0.2, -0.15) is 0 Å². The summed E-state index contributed by atoms with van der Waals surface area (Å²) in [7, 11) is 3.66. The Balaban J connectivity index is 0.00000420. The van der Waals surface area contributed by atoms with Gasteiger partial charge in [0, 0.05) is 59.3 Å². The number of carbonyl (C=O) groups is 2. The molecular formula is C20H39IN6O2. The number of carbonyl (C=O) groups excluding carboxylic acids is 2. The van der Waals surface area contributed by atoms with Crippen LogP contribution in [-0.2, 0) is 9.59 Å². The van der Waals surface area contributed by atoms with Crippen LogP contribution in [0.2, 0.25) is 0 Å². The van der Waals surface area contributed by atoms with Gasteiger partial charge in [-0.15, -0.1) is 24.0 Å². The molecule has 2 aliphatic rings. The van der Waals surface area contributed by atoms with Crippen LogP contribution < -0.4 is 10.6 Å². The van der Waals surface area contributed by atoms with Crippen molar-refractivity contribution in [3.05, 3.63) is 0 Å². The molecule has 0 saturated carbocycles. The highest BCUT2D eigenvalue weighted by Gasteiger charge is 2.31. The number of hydrogen-bond donors (Lipinski definition) is 2. The Morgan fingerprint density at radius 1 is 1.17 bits per heavy atom. The Kier molecular flexibility index (Phi) is 11.9. The van der Waals surface area contributed by atoms with Gasteiger partial charge >= 0.3 is 0 Å². The summed E-state index contributed by atoms with van der Waals surface area (Å²) in [6, 6.07) is 0.292. The molecule has 0 aliphatic carbocycles. The minimum Gasteiger partial charge on any atom is -0.357 e. The highest BCUT2D eigenvalue weighted by Crippen LogP contribution is 2.18. The van der Waals surface area contributed by atoms with Crippen LogP contribution in [0.25, 0.3) is 0 Å². The Morgan fingerprint density at radius 3 is 2.59 bits per heavy atom. The Hall–Kier alpha value is -1.10. The van der Waals surface area contributed by atoms with E-state index < -0.39 is 0 Å². The van der Waals surface area contributed by atoms with E-state index in [9.17, 15) is 9.59 Å². The zero-order chi connectivity index (χ0) is 20.5. The lowest BCUT2D eigenvalue weighted by atomic mass is 10.2. The van der Waals surface area contributed by atoms with E-state index in [2.05, 4.69) is 22.5 Å². The minimum atomic E-state index is 0. The topological polar surface area (TPSA) is 80.3 Å². The zero-order valence-corrected chi connectivity index (χ0v) is 20.8. The molecule has 0 bridgehead atoms. The maximum absolute atomic E-state index is 12.3. The summed E-state index contributed by atoms with van der Waals surface area (Å²) in [5.41, 5.74) is 0. The van der Waals surface area contributed by atoms with Crippen LogP contribution in [-0.4, -0.2) is 97.9 Å². The first-order valence-electron chi connectivity index (χ1n) is 10.7. The van der Waals surface area contributed by atoms with E-state index in [1.54, 1.807) is 4.90 Å². The summed E-state index contributed by atoms with van der Waals surface area (Å²) in [6.07, 6.45) is 4.50. The number of likely N-dealkylation sites (N-methyl/N-ethyl adjacent to an activating group) is 1. The maximum atomic E-state index is 12.3. The smallest absolute Gasteiger partial charge is 0.239 e. The van der Waals surface area contributed by atoms with E-state index in [0.717, 1.165) is 70.9 Å². The molecule has 0 radical (unpaired) electrons. The lowest BCUT2D eigenvalue weighted by Gasteiger charge is -2.25. The van der Waals surface area contributed by atoms with Crippen molar-refractivity contribution in [1.82, 2.24) is 25.3 Å². The van der Waals surface area contributed by atoms with Crippen LogP contribution in [0.1, 0.15) is 46.0 Å². The Morgan fingerprint density at radius 2 is 1.93 bits per heavy atom. The fraction of sp³-hybridized carbons (Fsp3) is 0.850. The first-order chi connectivity index (χ1) is 13.5. The summed E-state index contributed by atoms with van der Waals surface area (Å²) >= 11 is 0. The van der Waals surface area contributed by atoms with E-state index >= 15 is 0 Å². The molecule has 29 heavy (non-hydrogen) atoms. The highest BCUT2D eigenvalue weighted by atomic mass is 127. The number of amides is 2. The predicted molar refractivity (Wildman–Crippen MR) is 128 cm³/mol. The number of nitrogens with zero attached hydrogens (tertiary/aromatic N) is 4. The fourth-order valence-electron chi connectivity index (χ4n) is 3.98. The molecule has 2 N–H and O–H groups in total. The second kappa shape index (κ2) is 13.3. The molecule has 8 nitrogen and oxygen atoms in total. The molecule has 0 spiro atoms.